The average molecular weight is 386 g/mol. The summed E-state index contributed by atoms with van der Waals surface area (Å²) in [6.07, 6.45) is -10.6. The maximum atomic E-state index is 13.7. The molecule has 1 aromatic rings. The highest BCUT2D eigenvalue weighted by atomic mass is 19.4. The van der Waals surface area contributed by atoms with Crippen LogP contribution >= 0.6 is 0 Å². The maximum absolute atomic E-state index is 13.7. The monoisotopic (exact) mass is 386 g/mol. The van der Waals surface area contributed by atoms with Crippen LogP contribution in [0.5, 0.6) is 0 Å². The van der Waals surface area contributed by atoms with E-state index in [2.05, 4.69) is 4.74 Å². The molecule has 146 valence electrons. The van der Waals surface area contributed by atoms with Crippen LogP contribution < -0.4 is 10.6 Å². The van der Waals surface area contributed by atoms with E-state index in [4.69, 9.17) is 0 Å². The number of rotatable bonds is 6. The van der Waals surface area contributed by atoms with Crippen LogP contribution in [0.3, 0.4) is 0 Å². The number of benzene rings is 1. The van der Waals surface area contributed by atoms with Crippen molar-refractivity contribution in [1.29, 1.82) is 0 Å². The molecule has 0 aromatic heterocycles. The summed E-state index contributed by atoms with van der Waals surface area (Å²) in [7, 11) is 0. The fourth-order valence-corrected chi connectivity index (χ4v) is 1.92. The van der Waals surface area contributed by atoms with Gasteiger partial charge in [0.1, 0.15) is 0 Å². The molecule has 1 rings (SSSR count). The Bertz CT molecular complexity index is 660. The smallest absolute Gasteiger partial charge is 0.441 e. The lowest BCUT2D eigenvalue weighted by Gasteiger charge is -2.35. The largest absolute Gasteiger partial charge is 0.463 e. The van der Waals surface area contributed by atoms with E-state index in [-0.39, 0.29) is 0 Å². The molecule has 26 heavy (non-hydrogen) atoms. The molecule has 0 aliphatic rings. The zero-order valence-electron chi connectivity index (χ0n) is 13.7. The van der Waals surface area contributed by atoms with Crippen molar-refractivity contribution in [1.82, 2.24) is 5.32 Å². The Labute approximate surface area is 144 Å². The van der Waals surface area contributed by atoms with Gasteiger partial charge in [-0.3, -0.25) is 4.79 Å². The SMILES string of the molecule is CCOC(=O)[C@](NC(=O)CC)(Nc1cccc(C(F)(F)F)c1)C(F)(F)F. The number of halogens is 6. The summed E-state index contributed by atoms with van der Waals surface area (Å²) in [6, 6.07) is 2.79. The Balaban J connectivity index is 3.44. The molecule has 1 amide bonds. The van der Waals surface area contributed by atoms with Gasteiger partial charge in [-0.25, -0.2) is 4.79 Å². The van der Waals surface area contributed by atoms with Crippen molar-refractivity contribution in [3.63, 3.8) is 0 Å². The topological polar surface area (TPSA) is 67.4 Å². The molecule has 1 atom stereocenters. The summed E-state index contributed by atoms with van der Waals surface area (Å²) in [5.41, 5.74) is -5.65. The molecule has 0 saturated carbocycles. The van der Waals surface area contributed by atoms with Crippen molar-refractivity contribution in [2.24, 2.45) is 0 Å². The zero-order valence-corrected chi connectivity index (χ0v) is 13.7. The van der Waals surface area contributed by atoms with Crippen LogP contribution in [-0.4, -0.2) is 30.3 Å². The van der Waals surface area contributed by atoms with E-state index in [1.807, 2.05) is 0 Å². The molecule has 5 nitrogen and oxygen atoms in total. The molecule has 0 unspecified atom stereocenters. The summed E-state index contributed by atoms with van der Waals surface area (Å²) in [4.78, 5) is 23.6. The van der Waals surface area contributed by atoms with Crippen LogP contribution in [0.25, 0.3) is 0 Å². The number of carbonyl (C=O) groups excluding carboxylic acids is 2. The van der Waals surface area contributed by atoms with Gasteiger partial charge in [0.2, 0.25) is 5.91 Å². The van der Waals surface area contributed by atoms with E-state index in [0.717, 1.165) is 12.1 Å². The zero-order chi connectivity index (χ0) is 20.2. The van der Waals surface area contributed by atoms with Crippen molar-refractivity contribution in [3.8, 4) is 0 Å². The minimum absolute atomic E-state index is 0.387. The van der Waals surface area contributed by atoms with E-state index >= 15 is 0 Å². The molecular formula is C15H16F6N2O3. The Morgan fingerprint density at radius 3 is 2.15 bits per heavy atom. The molecule has 11 heteroatoms. The van der Waals surface area contributed by atoms with Gasteiger partial charge < -0.3 is 15.4 Å². The number of esters is 1. The van der Waals surface area contributed by atoms with E-state index < -0.39 is 54.2 Å². The summed E-state index contributed by atoms with van der Waals surface area (Å²) < 4.78 is 83.7. The first-order chi connectivity index (χ1) is 11.9. The van der Waals surface area contributed by atoms with Gasteiger partial charge in [-0.1, -0.05) is 13.0 Å². The van der Waals surface area contributed by atoms with Crippen molar-refractivity contribution in [2.75, 3.05) is 11.9 Å². The standard InChI is InChI=1S/C15H16F6N2O3/c1-3-11(24)23-13(15(19,20)21,12(25)26-4-2)22-10-7-5-6-9(8-10)14(16,17)18/h5-8,22H,3-4H2,1-2H3,(H,23,24)/t13-/m1/s1. The second kappa shape index (κ2) is 7.83. The first kappa shape index (κ1) is 21.6. The highest BCUT2D eigenvalue weighted by Crippen LogP contribution is 2.35. The molecule has 0 aliphatic heterocycles. The minimum atomic E-state index is -5.40. The van der Waals surface area contributed by atoms with Crippen molar-refractivity contribution >= 4 is 17.6 Å². The molecule has 0 heterocycles. The quantitative estimate of drug-likeness (QED) is 0.446. The third-order valence-electron chi connectivity index (χ3n) is 3.18. The number of nitrogens with one attached hydrogen (secondary N) is 2. The van der Waals surface area contributed by atoms with Crippen LogP contribution in [0.1, 0.15) is 25.8 Å². The fourth-order valence-electron chi connectivity index (χ4n) is 1.92. The van der Waals surface area contributed by atoms with Crippen LogP contribution in [0.2, 0.25) is 0 Å². The van der Waals surface area contributed by atoms with Gasteiger partial charge >= 0.3 is 24.0 Å². The molecule has 1 aromatic carbocycles. The van der Waals surface area contributed by atoms with Gasteiger partial charge in [-0.15, -0.1) is 0 Å². The maximum Gasteiger partial charge on any atom is 0.441 e. The number of hydrogen-bond donors (Lipinski definition) is 2. The third-order valence-corrected chi connectivity index (χ3v) is 3.18. The molecule has 0 fully saturated rings. The van der Waals surface area contributed by atoms with E-state index in [0.29, 0.717) is 12.1 Å². The lowest BCUT2D eigenvalue weighted by atomic mass is 10.1. The van der Waals surface area contributed by atoms with Gasteiger partial charge in [0, 0.05) is 12.1 Å². The fraction of sp³-hybridized carbons (Fsp3) is 0.467. The highest BCUT2D eigenvalue weighted by Gasteiger charge is 2.63. The van der Waals surface area contributed by atoms with Crippen molar-refractivity contribution < 1.29 is 40.7 Å². The number of ether oxygens (including phenoxy) is 1. The highest BCUT2D eigenvalue weighted by molar-refractivity contribution is 5.91. The van der Waals surface area contributed by atoms with Crippen LogP contribution in [0, 0.1) is 0 Å². The Morgan fingerprint density at radius 1 is 1.08 bits per heavy atom. The van der Waals surface area contributed by atoms with Crippen LogP contribution in [0.15, 0.2) is 24.3 Å². The minimum Gasteiger partial charge on any atom is -0.463 e. The molecule has 0 bridgehead atoms. The summed E-state index contributed by atoms with van der Waals surface area (Å²) >= 11 is 0. The molecule has 0 aliphatic carbocycles. The Hall–Kier alpha value is -2.46. The number of carbonyl (C=O) groups is 2. The molecule has 2 N–H and O–H groups in total. The van der Waals surface area contributed by atoms with Crippen molar-refractivity contribution in [3.05, 3.63) is 29.8 Å². The normalized spacial score (nSPS) is 14.3. The van der Waals surface area contributed by atoms with E-state index in [9.17, 15) is 35.9 Å². The molecule has 0 radical (unpaired) electrons. The van der Waals surface area contributed by atoms with Crippen molar-refractivity contribution in [2.45, 2.75) is 38.3 Å². The first-order valence-electron chi connectivity index (χ1n) is 7.37. The molecule has 0 spiro atoms. The second-order valence-corrected chi connectivity index (χ2v) is 5.07. The molecular weight excluding hydrogens is 370 g/mol. The summed E-state index contributed by atoms with van der Waals surface area (Å²) in [6.45, 7) is 2.04. The summed E-state index contributed by atoms with van der Waals surface area (Å²) in [5.74, 6) is -3.05. The molecule has 0 saturated heterocycles. The van der Waals surface area contributed by atoms with Crippen LogP contribution in [0.4, 0.5) is 32.0 Å². The van der Waals surface area contributed by atoms with E-state index in [1.165, 1.54) is 19.2 Å². The van der Waals surface area contributed by atoms with Gasteiger partial charge in [0.25, 0.3) is 0 Å². The Morgan fingerprint density at radius 2 is 1.69 bits per heavy atom. The van der Waals surface area contributed by atoms with Gasteiger partial charge in [0.15, 0.2) is 0 Å². The van der Waals surface area contributed by atoms with Gasteiger partial charge in [-0.2, -0.15) is 26.3 Å². The predicted octanol–water partition coefficient (Wildman–Crippen LogP) is 3.47. The third kappa shape index (κ3) is 4.79. The lowest BCUT2D eigenvalue weighted by Crippen LogP contribution is -2.69. The van der Waals surface area contributed by atoms with Crippen LogP contribution in [-0.2, 0) is 20.5 Å². The van der Waals surface area contributed by atoms with E-state index in [1.54, 1.807) is 5.32 Å². The van der Waals surface area contributed by atoms with Gasteiger partial charge in [0.05, 0.1) is 12.2 Å². The second-order valence-electron chi connectivity index (χ2n) is 5.07. The number of alkyl halides is 6. The lowest BCUT2D eigenvalue weighted by molar-refractivity contribution is -0.207. The predicted molar refractivity (Wildman–Crippen MR) is 78.9 cm³/mol. The Kier molecular flexibility index (Phi) is 6.50. The summed E-state index contributed by atoms with van der Waals surface area (Å²) in [5, 5.41) is 3.14. The van der Waals surface area contributed by atoms with Gasteiger partial charge in [-0.05, 0) is 25.1 Å². The number of hydrogen-bond acceptors (Lipinski definition) is 4. The first-order valence-corrected chi connectivity index (χ1v) is 7.37. The number of anilines is 1. The number of amides is 1. The average Bonchev–Trinajstić information content (AvgIpc) is 2.52.